The van der Waals surface area contributed by atoms with Crippen molar-refractivity contribution in [1.29, 1.82) is 0 Å². The summed E-state index contributed by atoms with van der Waals surface area (Å²) in [4.78, 5) is 2.47. The second-order valence-corrected chi connectivity index (χ2v) is 16.7. The standard InChI is InChI=1S/C58H37NOS/c1-2-16-38(17-3-1)44-26-13-18-39-19-14-28-48(57(39)44)46-23-5-9-30-52(46)59(42-21-12-20-40(36-42)45-27-15-33-56-58(45)49-25-7-11-32-55(49)61-56)51-29-8-4-22-43(51)41-34-35-54-50(37-41)47-24-6-10-31-53(47)60-54/h1-37H. The van der Waals surface area contributed by atoms with E-state index < -0.39 is 0 Å². The van der Waals surface area contributed by atoms with Crippen molar-refractivity contribution in [3.63, 3.8) is 0 Å². The average Bonchev–Trinajstić information content (AvgIpc) is 3.90. The molecule has 2 nitrogen and oxygen atoms in total. The van der Waals surface area contributed by atoms with Crippen molar-refractivity contribution in [3.05, 3.63) is 224 Å². The number of hydrogen-bond donors (Lipinski definition) is 0. The van der Waals surface area contributed by atoms with Crippen molar-refractivity contribution in [2.75, 3.05) is 4.90 Å². The van der Waals surface area contributed by atoms with E-state index in [4.69, 9.17) is 4.42 Å². The van der Waals surface area contributed by atoms with Gasteiger partial charge in [-0.25, -0.2) is 0 Å². The Morgan fingerprint density at radius 2 is 0.902 bits per heavy atom. The van der Waals surface area contributed by atoms with Crippen LogP contribution >= 0.6 is 11.3 Å². The van der Waals surface area contributed by atoms with Crippen molar-refractivity contribution < 1.29 is 4.42 Å². The summed E-state index contributed by atoms with van der Waals surface area (Å²) >= 11 is 1.86. The zero-order chi connectivity index (χ0) is 40.3. The second-order valence-electron chi connectivity index (χ2n) is 15.6. The molecule has 0 saturated heterocycles. The van der Waals surface area contributed by atoms with Crippen LogP contribution in [0.5, 0.6) is 0 Å². The molecule has 12 rings (SSSR count). The minimum absolute atomic E-state index is 0.887. The number of para-hydroxylation sites is 3. The van der Waals surface area contributed by atoms with Gasteiger partial charge in [-0.1, -0.05) is 170 Å². The van der Waals surface area contributed by atoms with E-state index in [1.54, 1.807) is 0 Å². The summed E-state index contributed by atoms with van der Waals surface area (Å²) in [6.07, 6.45) is 0. The number of benzene rings is 10. The maximum absolute atomic E-state index is 6.30. The van der Waals surface area contributed by atoms with Crippen LogP contribution < -0.4 is 4.90 Å². The maximum atomic E-state index is 6.30. The van der Waals surface area contributed by atoms with Gasteiger partial charge >= 0.3 is 0 Å². The van der Waals surface area contributed by atoms with Crippen LogP contribution in [0.15, 0.2) is 229 Å². The summed E-state index contributed by atoms with van der Waals surface area (Å²) in [5.74, 6) is 0. The molecule has 0 bridgehead atoms. The second kappa shape index (κ2) is 14.5. The summed E-state index contributed by atoms with van der Waals surface area (Å²) in [5.41, 5.74) is 14.5. The normalized spacial score (nSPS) is 11.6. The van der Waals surface area contributed by atoms with Gasteiger partial charge in [0, 0.05) is 47.8 Å². The Hall–Kier alpha value is -7.72. The van der Waals surface area contributed by atoms with Crippen LogP contribution in [0, 0.1) is 0 Å². The number of hydrogen-bond acceptors (Lipinski definition) is 3. The highest BCUT2D eigenvalue weighted by atomic mass is 32.1. The fourth-order valence-electron chi connectivity index (χ4n) is 9.36. The first-order chi connectivity index (χ1) is 30.3. The van der Waals surface area contributed by atoms with Gasteiger partial charge in [0.15, 0.2) is 0 Å². The quantitative estimate of drug-likeness (QED) is 0.160. The van der Waals surface area contributed by atoms with Gasteiger partial charge in [-0.05, 0) is 98.8 Å². The first-order valence-corrected chi connectivity index (χ1v) is 21.6. The van der Waals surface area contributed by atoms with Gasteiger partial charge in [-0.3, -0.25) is 0 Å². The highest BCUT2D eigenvalue weighted by Gasteiger charge is 2.23. The molecule has 3 heteroatoms. The van der Waals surface area contributed by atoms with E-state index >= 15 is 0 Å². The van der Waals surface area contributed by atoms with Gasteiger partial charge in [0.25, 0.3) is 0 Å². The predicted octanol–water partition coefficient (Wildman–Crippen LogP) is 17.2. The molecule has 0 spiro atoms. The van der Waals surface area contributed by atoms with Crippen LogP contribution in [-0.4, -0.2) is 0 Å². The molecule has 0 N–H and O–H groups in total. The zero-order valence-corrected chi connectivity index (χ0v) is 33.9. The molecule has 0 fully saturated rings. The highest BCUT2D eigenvalue weighted by molar-refractivity contribution is 7.25. The van der Waals surface area contributed by atoms with Crippen LogP contribution in [0.3, 0.4) is 0 Å². The number of rotatable bonds is 7. The SMILES string of the molecule is c1ccc(-c2cccc3cccc(-c4ccccc4N(c4cccc(-c5cccc6sc7ccccc7c56)c4)c4ccccc4-c4ccc5oc6ccccc6c5c4)c23)cc1. The van der Waals surface area contributed by atoms with Crippen LogP contribution in [0.25, 0.3) is 97.4 Å². The Morgan fingerprint density at radius 1 is 0.328 bits per heavy atom. The third kappa shape index (κ3) is 5.93. The number of fused-ring (bicyclic) bond motifs is 7. The van der Waals surface area contributed by atoms with Crippen molar-refractivity contribution in [2.45, 2.75) is 0 Å². The first kappa shape index (κ1) is 35.2. The topological polar surface area (TPSA) is 16.4 Å². The molecule has 0 aliphatic rings. The number of thiophene rings is 1. The van der Waals surface area contributed by atoms with Gasteiger partial charge < -0.3 is 9.32 Å². The van der Waals surface area contributed by atoms with Gasteiger partial charge in [0.2, 0.25) is 0 Å². The molecule has 0 radical (unpaired) electrons. The minimum atomic E-state index is 0.887. The molecule has 2 heterocycles. The predicted molar refractivity (Wildman–Crippen MR) is 261 cm³/mol. The Kier molecular flexibility index (Phi) is 8.39. The van der Waals surface area contributed by atoms with E-state index in [0.29, 0.717) is 0 Å². The van der Waals surface area contributed by atoms with E-state index in [1.807, 2.05) is 23.5 Å². The Labute approximate surface area is 357 Å². The molecule has 10 aromatic carbocycles. The molecule has 0 unspecified atom stereocenters. The molecular formula is C58H37NOS. The summed E-state index contributed by atoms with van der Waals surface area (Å²) < 4.78 is 8.90. The van der Waals surface area contributed by atoms with Crippen LogP contribution in [0.2, 0.25) is 0 Å². The van der Waals surface area contributed by atoms with E-state index in [1.165, 1.54) is 58.8 Å². The molecule has 2 aromatic heterocycles. The summed E-state index contributed by atoms with van der Waals surface area (Å²) in [7, 11) is 0. The molecule has 0 aliphatic heterocycles. The smallest absolute Gasteiger partial charge is 0.135 e. The van der Waals surface area contributed by atoms with Crippen molar-refractivity contribution in [2.24, 2.45) is 0 Å². The van der Waals surface area contributed by atoms with Gasteiger partial charge in [0.05, 0.1) is 11.4 Å². The largest absolute Gasteiger partial charge is 0.456 e. The maximum Gasteiger partial charge on any atom is 0.135 e. The summed E-state index contributed by atoms with van der Waals surface area (Å²) in [5, 5.41) is 7.27. The van der Waals surface area contributed by atoms with Crippen LogP contribution in [0.1, 0.15) is 0 Å². The monoisotopic (exact) mass is 795 g/mol. The Balaban J connectivity index is 1.12. The summed E-state index contributed by atoms with van der Waals surface area (Å²) in [6.45, 7) is 0. The molecule has 0 saturated carbocycles. The van der Waals surface area contributed by atoms with E-state index in [-0.39, 0.29) is 0 Å². The van der Waals surface area contributed by atoms with Crippen LogP contribution in [-0.2, 0) is 0 Å². The first-order valence-electron chi connectivity index (χ1n) is 20.7. The third-order valence-electron chi connectivity index (χ3n) is 12.1. The fraction of sp³-hybridized carbons (Fsp3) is 0. The lowest BCUT2D eigenvalue weighted by Crippen LogP contribution is -2.12. The lowest BCUT2D eigenvalue weighted by Gasteiger charge is -2.30. The average molecular weight is 796 g/mol. The fourth-order valence-corrected chi connectivity index (χ4v) is 10.5. The molecule has 286 valence electrons. The highest BCUT2D eigenvalue weighted by Crippen LogP contribution is 2.49. The molecule has 0 atom stereocenters. The Morgan fingerprint density at radius 3 is 1.75 bits per heavy atom. The van der Waals surface area contributed by atoms with Crippen molar-refractivity contribution >= 4 is 81.3 Å². The minimum Gasteiger partial charge on any atom is -0.456 e. The molecule has 61 heavy (non-hydrogen) atoms. The molecular weight excluding hydrogens is 759 g/mol. The number of furan rings is 1. The summed E-state index contributed by atoms with van der Waals surface area (Å²) in [6, 6.07) is 81.4. The number of nitrogens with zero attached hydrogens (tertiary/aromatic N) is 1. The third-order valence-corrected chi connectivity index (χ3v) is 13.2. The van der Waals surface area contributed by atoms with E-state index in [2.05, 4.69) is 217 Å². The molecule has 12 aromatic rings. The van der Waals surface area contributed by atoms with Gasteiger partial charge in [-0.2, -0.15) is 0 Å². The lowest BCUT2D eigenvalue weighted by molar-refractivity contribution is 0.669. The van der Waals surface area contributed by atoms with Gasteiger partial charge in [-0.15, -0.1) is 11.3 Å². The van der Waals surface area contributed by atoms with Gasteiger partial charge in [0.1, 0.15) is 11.2 Å². The molecule has 0 amide bonds. The van der Waals surface area contributed by atoms with Crippen molar-refractivity contribution in [1.82, 2.24) is 0 Å². The molecule has 0 aliphatic carbocycles. The van der Waals surface area contributed by atoms with Crippen LogP contribution in [0.4, 0.5) is 17.1 Å². The van der Waals surface area contributed by atoms with Crippen molar-refractivity contribution in [3.8, 4) is 44.5 Å². The Bertz CT molecular complexity index is 3610. The van der Waals surface area contributed by atoms with E-state index in [0.717, 1.165) is 55.7 Å². The number of anilines is 3. The lowest BCUT2D eigenvalue weighted by atomic mass is 9.90. The zero-order valence-electron chi connectivity index (χ0n) is 33.1. The van der Waals surface area contributed by atoms with E-state index in [9.17, 15) is 0 Å².